The smallest absolute Gasteiger partial charge is 0.129 e. The van der Waals surface area contributed by atoms with Gasteiger partial charge in [-0.05, 0) is 49.4 Å². The summed E-state index contributed by atoms with van der Waals surface area (Å²) in [7, 11) is 0. The van der Waals surface area contributed by atoms with Gasteiger partial charge in [-0.2, -0.15) is 0 Å². The SMILES string of the molecule is CCNCc1ccnc(N2CC3CCC2C3)c1. The van der Waals surface area contributed by atoms with Crippen LogP contribution in [0.4, 0.5) is 5.82 Å². The first-order valence-corrected chi connectivity index (χ1v) is 6.79. The first-order chi connectivity index (χ1) is 8.36. The summed E-state index contributed by atoms with van der Waals surface area (Å²) in [6.45, 7) is 5.34. The summed E-state index contributed by atoms with van der Waals surface area (Å²) >= 11 is 0. The third kappa shape index (κ3) is 2.16. The predicted molar refractivity (Wildman–Crippen MR) is 70.1 cm³/mol. The Kier molecular flexibility index (Phi) is 3.02. The summed E-state index contributed by atoms with van der Waals surface area (Å²) in [6, 6.07) is 5.13. The Labute approximate surface area is 103 Å². The van der Waals surface area contributed by atoms with Crippen LogP contribution in [-0.4, -0.2) is 24.1 Å². The molecule has 17 heavy (non-hydrogen) atoms. The summed E-state index contributed by atoms with van der Waals surface area (Å²) in [5.41, 5.74) is 1.35. The van der Waals surface area contributed by atoms with Crippen molar-refractivity contribution in [1.82, 2.24) is 10.3 Å². The van der Waals surface area contributed by atoms with Crippen molar-refractivity contribution >= 4 is 5.82 Å². The van der Waals surface area contributed by atoms with Gasteiger partial charge in [0.25, 0.3) is 0 Å². The van der Waals surface area contributed by atoms with Crippen molar-refractivity contribution < 1.29 is 0 Å². The molecule has 2 atom stereocenters. The van der Waals surface area contributed by atoms with E-state index in [1.807, 2.05) is 6.20 Å². The molecule has 1 aromatic heterocycles. The van der Waals surface area contributed by atoms with Crippen molar-refractivity contribution in [2.24, 2.45) is 5.92 Å². The molecule has 0 radical (unpaired) electrons. The van der Waals surface area contributed by atoms with Gasteiger partial charge in [-0.15, -0.1) is 0 Å². The minimum absolute atomic E-state index is 0.766. The molecule has 0 aromatic carbocycles. The van der Waals surface area contributed by atoms with Gasteiger partial charge in [-0.25, -0.2) is 4.98 Å². The van der Waals surface area contributed by atoms with Gasteiger partial charge in [-0.3, -0.25) is 0 Å². The Bertz CT molecular complexity index is 391. The summed E-state index contributed by atoms with van der Waals surface area (Å²) in [6.07, 6.45) is 6.13. The molecule has 1 aliphatic carbocycles. The molecule has 1 saturated heterocycles. The third-order valence-corrected chi connectivity index (χ3v) is 4.09. The summed E-state index contributed by atoms with van der Waals surface area (Å²) in [5.74, 6) is 2.12. The third-order valence-electron chi connectivity index (χ3n) is 4.09. The number of pyridine rings is 1. The van der Waals surface area contributed by atoms with Crippen LogP contribution < -0.4 is 10.2 Å². The van der Waals surface area contributed by atoms with Crippen LogP contribution in [0.1, 0.15) is 31.7 Å². The predicted octanol–water partition coefficient (Wildman–Crippen LogP) is 2.18. The molecule has 1 N–H and O–H groups in total. The van der Waals surface area contributed by atoms with Crippen LogP contribution in [0.5, 0.6) is 0 Å². The number of rotatable bonds is 4. The van der Waals surface area contributed by atoms with Gasteiger partial charge in [0.15, 0.2) is 0 Å². The van der Waals surface area contributed by atoms with E-state index in [1.54, 1.807) is 0 Å². The lowest BCUT2D eigenvalue weighted by Gasteiger charge is -2.28. The standard InChI is InChI=1S/C14H21N3/c1-2-15-9-11-5-6-16-14(8-11)17-10-12-3-4-13(17)7-12/h5-6,8,12-13,15H,2-4,7,9-10H2,1H3. The van der Waals surface area contributed by atoms with E-state index in [2.05, 4.69) is 34.3 Å². The highest BCUT2D eigenvalue weighted by molar-refractivity contribution is 5.44. The van der Waals surface area contributed by atoms with Gasteiger partial charge in [0.1, 0.15) is 5.82 Å². The Morgan fingerprint density at radius 1 is 1.47 bits per heavy atom. The van der Waals surface area contributed by atoms with Crippen molar-refractivity contribution in [1.29, 1.82) is 0 Å². The van der Waals surface area contributed by atoms with Crippen molar-refractivity contribution in [3.8, 4) is 0 Å². The minimum Gasteiger partial charge on any atom is -0.353 e. The normalized spacial score (nSPS) is 26.8. The Balaban J connectivity index is 1.74. The molecule has 3 rings (SSSR count). The number of nitrogens with one attached hydrogen (secondary N) is 1. The summed E-state index contributed by atoms with van der Waals surface area (Å²) in [5, 5.41) is 3.37. The molecule has 2 fully saturated rings. The highest BCUT2D eigenvalue weighted by Crippen LogP contribution is 2.39. The quantitative estimate of drug-likeness (QED) is 0.861. The molecular formula is C14H21N3. The van der Waals surface area contributed by atoms with Gasteiger partial charge in [0.05, 0.1) is 0 Å². The molecule has 0 spiro atoms. The summed E-state index contributed by atoms with van der Waals surface area (Å²) in [4.78, 5) is 7.06. The second-order valence-corrected chi connectivity index (χ2v) is 5.29. The van der Waals surface area contributed by atoms with Crippen LogP contribution in [0.2, 0.25) is 0 Å². The lowest BCUT2D eigenvalue weighted by molar-refractivity contribution is 0.550. The molecule has 2 heterocycles. The van der Waals surface area contributed by atoms with Crippen molar-refractivity contribution in [2.75, 3.05) is 18.0 Å². The van der Waals surface area contributed by atoms with Gasteiger partial charge in [-0.1, -0.05) is 6.92 Å². The number of fused-ring (bicyclic) bond motifs is 2. The van der Waals surface area contributed by atoms with Crippen LogP contribution in [-0.2, 0) is 6.54 Å². The van der Waals surface area contributed by atoms with Crippen LogP contribution in [0, 0.1) is 5.92 Å². The first kappa shape index (κ1) is 11.0. The van der Waals surface area contributed by atoms with Crippen LogP contribution in [0.25, 0.3) is 0 Å². The fraction of sp³-hybridized carbons (Fsp3) is 0.643. The number of nitrogens with zero attached hydrogens (tertiary/aromatic N) is 2. The number of aromatic nitrogens is 1. The van der Waals surface area contributed by atoms with E-state index in [4.69, 9.17) is 0 Å². The van der Waals surface area contributed by atoms with E-state index in [1.165, 1.54) is 37.2 Å². The number of piperidine rings is 1. The van der Waals surface area contributed by atoms with Crippen molar-refractivity contribution in [3.63, 3.8) is 0 Å². The molecule has 1 aliphatic heterocycles. The first-order valence-electron chi connectivity index (χ1n) is 6.79. The van der Waals surface area contributed by atoms with Gasteiger partial charge in [0.2, 0.25) is 0 Å². The van der Waals surface area contributed by atoms with E-state index in [0.29, 0.717) is 0 Å². The van der Waals surface area contributed by atoms with E-state index >= 15 is 0 Å². The van der Waals surface area contributed by atoms with E-state index in [-0.39, 0.29) is 0 Å². The molecule has 92 valence electrons. The monoisotopic (exact) mass is 231 g/mol. The van der Waals surface area contributed by atoms with E-state index in [0.717, 1.165) is 25.0 Å². The molecule has 3 nitrogen and oxygen atoms in total. The second-order valence-electron chi connectivity index (χ2n) is 5.29. The Morgan fingerprint density at radius 3 is 3.12 bits per heavy atom. The number of hydrogen-bond acceptors (Lipinski definition) is 3. The number of anilines is 1. The van der Waals surface area contributed by atoms with Gasteiger partial charge >= 0.3 is 0 Å². The highest BCUT2D eigenvalue weighted by atomic mass is 15.2. The zero-order valence-corrected chi connectivity index (χ0v) is 10.5. The highest BCUT2D eigenvalue weighted by Gasteiger charge is 2.38. The van der Waals surface area contributed by atoms with Gasteiger partial charge < -0.3 is 10.2 Å². The van der Waals surface area contributed by atoms with E-state index in [9.17, 15) is 0 Å². The zero-order chi connectivity index (χ0) is 11.7. The molecule has 0 amide bonds. The van der Waals surface area contributed by atoms with Crippen molar-refractivity contribution in [2.45, 2.75) is 38.8 Å². The molecule has 2 aliphatic rings. The molecule has 1 aromatic rings. The maximum absolute atomic E-state index is 4.55. The molecule has 3 heteroatoms. The number of hydrogen-bond donors (Lipinski definition) is 1. The fourth-order valence-electron chi connectivity index (χ4n) is 3.20. The molecular weight excluding hydrogens is 210 g/mol. The molecule has 2 unspecified atom stereocenters. The maximum atomic E-state index is 4.55. The van der Waals surface area contributed by atoms with Crippen LogP contribution >= 0.6 is 0 Å². The van der Waals surface area contributed by atoms with Crippen LogP contribution in [0.3, 0.4) is 0 Å². The zero-order valence-electron chi connectivity index (χ0n) is 10.5. The lowest BCUT2D eigenvalue weighted by Crippen LogP contribution is -2.32. The Morgan fingerprint density at radius 2 is 2.41 bits per heavy atom. The summed E-state index contributed by atoms with van der Waals surface area (Å²) < 4.78 is 0. The van der Waals surface area contributed by atoms with Crippen molar-refractivity contribution in [3.05, 3.63) is 23.9 Å². The minimum atomic E-state index is 0.766. The van der Waals surface area contributed by atoms with Crippen LogP contribution in [0.15, 0.2) is 18.3 Å². The van der Waals surface area contributed by atoms with Gasteiger partial charge in [0, 0.05) is 25.3 Å². The average molecular weight is 231 g/mol. The lowest BCUT2D eigenvalue weighted by atomic mass is 10.1. The topological polar surface area (TPSA) is 28.2 Å². The largest absolute Gasteiger partial charge is 0.353 e. The van der Waals surface area contributed by atoms with E-state index < -0.39 is 0 Å². The molecule has 2 bridgehead atoms. The maximum Gasteiger partial charge on any atom is 0.129 e. The fourth-order valence-corrected chi connectivity index (χ4v) is 3.20. The second kappa shape index (κ2) is 4.65. The average Bonchev–Trinajstić information content (AvgIpc) is 2.99. The molecule has 1 saturated carbocycles. The Hall–Kier alpha value is -1.09.